The largest absolute Gasteiger partial charge is 0.302 e. The summed E-state index contributed by atoms with van der Waals surface area (Å²) in [7, 11) is -2.83. The molecule has 0 aromatic carbocycles. The molecule has 1 rings (SSSR count). The Morgan fingerprint density at radius 3 is 2.83 bits per heavy atom. The smallest absolute Gasteiger partial charge is 0.151 e. The van der Waals surface area contributed by atoms with E-state index in [9.17, 15) is 8.42 Å². The van der Waals surface area contributed by atoms with Crippen LogP contribution >= 0.6 is 0 Å². The molecule has 1 fully saturated rings. The van der Waals surface area contributed by atoms with Crippen molar-refractivity contribution in [3.63, 3.8) is 0 Å². The van der Waals surface area contributed by atoms with Crippen molar-refractivity contribution in [1.82, 2.24) is 10.2 Å². The molecule has 18 heavy (non-hydrogen) atoms. The zero-order valence-corrected chi connectivity index (χ0v) is 11.9. The molecule has 5 nitrogen and oxygen atoms in total. The van der Waals surface area contributed by atoms with E-state index >= 15 is 0 Å². The summed E-state index contributed by atoms with van der Waals surface area (Å²) >= 11 is 0. The molecule has 1 atom stereocenters. The third-order valence-electron chi connectivity index (χ3n) is 3.18. The fourth-order valence-corrected chi connectivity index (χ4v) is 3.37. The SMILES string of the molecule is CCCNC(C#N)CCN1CCCS(=O)(=O)CC1. The Kier molecular flexibility index (Phi) is 6.61. The van der Waals surface area contributed by atoms with E-state index in [2.05, 4.69) is 23.2 Å². The Bertz CT molecular complexity index is 375. The lowest BCUT2D eigenvalue weighted by molar-refractivity contribution is 0.283. The van der Waals surface area contributed by atoms with Crippen molar-refractivity contribution in [2.75, 3.05) is 37.7 Å². The lowest BCUT2D eigenvalue weighted by Gasteiger charge is -2.20. The first-order chi connectivity index (χ1) is 8.57. The quantitative estimate of drug-likeness (QED) is 0.758. The molecule has 6 heteroatoms. The van der Waals surface area contributed by atoms with Gasteiger partial charge in [0.15, 0.2) is 9.84 Å². The summed E-state index contributed by atoms with van der Waals surface area (Å²) < 4.78 is 22.9. The van der Waals surface area contributed by atoms with Gasteiger partial charge >= 0.3 is 0 Å². The maximum Gasteiger partial charge on any atom is 0.151 e. The number of sulfone groups is 1. The molecular weight excluding hydrogens is 250 g/mol. The van der Waals surface area contributed by atoms with Crippen molar-refractivity contribution < 1.29 is 8.42 Å². The number of rotatable bonds is 6. The molecule has 0 aromatic heterocycles. The summed E-state index contributed by atoms with van der Waals surface area (Å²) in [4.78, 5) is 2.16. The van der Waals surface area contributed by atoms with Gasteiger partial charge in [-0.2, -0.15) is 5.26 Å². The van der Waals surface area contributed by atoms with Gasteiger partial charge in [0.2, 0.25) is 0 Å². The highest BCUT2D eigenvalue weighted by atomic mass is 32.2. The maximum absolute atomic E-state index is 11.5. The van der Waals surface area contributed by atoms with E-state index in [1.54, 1.807) is 0 Å². The molecule has 0 saturated carbocycles. The first kappa shape index (κ1) is 15.4. The second kappa shape index (κ2) is 7.72. The van der Waals surface area contributed by atoms with E-state index in [4.69, 9.17) is 5.26 Å². The van der Waals surface area contributed by atoms with Crippen LogP contribution in [0.1, 0.15) is 26.2 Å². The lowest BCUT2D eigenvalue weighted by Crippen LogP contribution is -2.35. The maximum atomic E-state index is 11.5. The van der Waals surface area contributed by atoms with Crippen LogP contribution in [0.25, 0.3) is 0 Å². The zero-order valence-electron chi connectivity index (χ0n) is 11.1. The van der Waals surface area contributed by atoms with Gasteiger partial charge in [0.05, 0.1) is 23.6 Å². The van der Waals surface area contributed by atoms with Crippen molar-refractivity contribution in [3.8, 4) is 6.07 Å². The number of nitriles is 1. The Balaban J connectivity index is 2.32. The molecule has 1 aliphatic rings. The normalized spacial score (nSPS) is 22.0. The summed E-state index contributed by atoms with van der Waals surface area (Å²) in [6.45, 7) is 5.15. The van der Waals surface area contributed by atoms with E-state index in [0.717, 1.165) is 32.5 Å². The molecule has 1 aliphatic heterocycles. The Labute approximate surface area is 110 Å². The van der Waals surface area contributed by atoms with Crippen molar-refractivity contribution in [1.29, 1.82) is 5.26 Å². The Hall–Kier alpha value is -0.640. The third kappa shape index (κ3) is 5.80. The van der Waals surface area contributed by atoms with Crippen LogP contribution in [0.15, 0.2) is 0 Å². The number of hydrogen-bond acceptors (Lipinski definition) is 5. The minimum atomic E-state index is -2.83. The van der Waals surface area contributed by atoms with Gasteiger partial charge < -0.3 is 10.2 Å². The summed E-state index contributed by atoms with van der Waals surface area (Å²) in [5.41, 5.74) is 0. The van der Waals surface area contributed by atoms with Crippen LogP contribution in [0.5, 0.6) is 0 Å². The highest BCUT2D eigenvalue weighted by Crippen LogP contribution is 2.06. The van der Waals surface area contributed by atoms with Gasteiger partial charge in [0.1, 0.15) is 0 Å². The molecular formula is C12H23N3O2S. The van der Waals surface area contributed by atoms with Crippen molar-refractivity contribution in [2.24, 2.45) is 0 Å². The fourth-order valence-electron chi connectivity index (χ4n) is 2.06. The van der Waals surface area contributed by atoms with Gasteiger partial charge in [-0.05, 0) is 32.4 Å². The van der Waals surface area contributed by atoms with Crippen LogP contribution in [-0.2, 0) is 9.84 Å². The molecule has 1 heterocycles. The standard InChI is InChI=1S/C12H23N3O2S/c1-2-5-14-12(11-13)4-7-15-6-3-9-18(16,17)10-8-15/h12,14H,2-10H2,1H3. The second-order valence-electron chi connectivity index (χ2n) is 4.77. The van der Waals surface area contributed by atoms with Gasteiger partial charge in [-0.25, -0.2) is 8.42 Å². The van der Waals surface area contributed by atoms with Crippen LogP contribution in [0.4, 0.5) is 0 Å². The van der Waals surface area contributed by atoms with E-state index in [1.165, 1.54) is 0 Å². The van der Waals surface area contributed by atoms with Crippen LogP contribution in [0.3, 0.4) is 0 Å². The minimum Gasteiger partial charge on any atom is -0.302 e. The third-order valence-corrected chi connectivity index (χ3v) is 4.89. The predicted octanol–water partition coefficient (Wildman–Crippen LogP) is 0.389. The fraction of sp³-hybridized carbons (Fsp3) is 0.917. The molecule has 0 bridgehead atoms. The monoisotopic (exact) mass is 273 g/mol. The first-order valence-electron chi connectivity index (χ1n) is 6.63. The molecule has 1 saturated heterocycles. The highest BCUT2D eigenvalue weighted by molar-refractivity contribution is 7.91. The van der Waals surface area contributed by atoms with Crippen molar-refractivity contribution >= 4 is 9.84 Å². The number of nitrogens with one attached hydrogen (secondary N) is 1. The van der Waals surface area contributed by atoms with Crippen LogP contribution in [0, 0.1) is 11.3 Å². The second-order valence-corrected chi connectivity index (χ2v) is 7.08. The van der Waals surface area contributed by atoms with Gasteiger partial charge in [-0.1, -0.05) is 6.92 Å². The van der Waals surface area contributed by atoms with E-state index in [0.29, 0.717) is 18.7 Å². The van der Waals surface area contributed by atoms with Crippen molar-refractivity contribution in [2.45, 2.75) is 32.2 Å². The average Bonchev–Trinajstić information content (AvgIpc) is 2.51. The molecule has 104 valence electrons. The van der Waals surface area contributed by atoms with E-state index in [-0.39, 0.29) is 11.8 Å². The topological polar surface area (TPSA) is 73.2 Å². The summed E-state index contributed by atoms with van der Waals surface area (Å²) in [5, 5.41) is 12.2. The number of hydrogen-bond donors (Lipinski definition) is 1. The molecule has 1 unspecified atom stereocenters. The van der Waals surface area contributed by atoms with Crippen molar-refractivity contribution in [3.05, 3.63) is 0 Å². The summed E-state index contributed by atoms with van der Waals surface area (Å²) in [5.74, 6) is 0.561. The lowest BCUT2D eigenvalue weighted by atomic mass is 10.2. The molecule has 0 aromatic rings. The zero-order chi connectivity index (χ0) is 13.4. The van der Waals surface area contributed by atoms with Gasteiger partial charge in [0.25, 0.3) is 0 Å². The molecule has 0 aliphatic carbocycles. The summed E-state index contributed by atoms with van der Waals surface area (Å²) in [6.07, 6.45) is 2.48. The summed E-state index contributed by atoms with van der Waals surface area (Å²) in [6, 6.07) is 2.13. The Morgan fingerprint density at radius 2 is 2.17 bits per heavy atom. The van der Waals surface area contributed by atoms with Gasteiger partial charge in [0, 0.05) is 13.1 Å². The molecule has 0 spiro atoms. The van der Waals surface area contributed by atoms with Gasteiger partial charge in [-0.3, -0.25) is 0 Å². The minimum absolute atomic E-state index is 0.121. The average molecular weight is 273 g/mol. The van der Waals surface area contributed by atoms with Crippen LogP contribution in [-0.4, -0.2) is 57.0 Å². The Morgan fingerprint density at radius 1 is 1.39 bits per heavy atom. The molecule has 0 radical (unpaired) electrons. The van der Waals surface area contributed by atoms with E-state index < -0.39 is 9.84 Å². The van der Waals surface area contributed by atoms with Crippen LogP contribution < -0.4 is 5.32 Å². The molecule has 1 N–H and O–H groups in total. The predicted molar refractivity (Wildman–Crippen MR) is 72.0 cm³/mol. The van der Waals surface area contributed by atoms with Crippen LogP contribution in [0.2, 0.25) is 0 Å². The molecule has 0 amide bonds. The number of nitrogens with zero attached hydrogens (tertiary/aromatic N) is 2. The van der Waals surface area contributed by atoms with E-state index in [1.807, 2.05) is 0 Å². The van der Waals surface area contributed by atoms with Gasteiger partial charge in [-0.15, -0.1) is 0 Å². The first-order valence-corrected chi connectivity index (χ1v) is 8.45. The highest BCUT2D eigenvalue weighted by Gasteiger charge is 2.19.